The minimum absolute atomic E-state index is 0.00207. The molecule has 5 fully saturated rings. The maximum absolute atomic E-state index is 13.2. The van der Waals surface area contributed by atoms with Crippen LogP contribution in [-0.4, -0.2) is 29.6 Å². The lowest BCUT2D eigenvalue weighted by Gasteiger charge is -2.59. The Morgan fingerprint density at radius 1 is 0.962 bits per heavy atom. The number of ketones is 2. The van der Waals surface area contributed by atoms with Crippen molar-refractivity contribution in [1.29, 1.82) is 0 Å². The van der Waals surface area contributed by atoms with Crippen LogP contribution in [0.3, 0.4) is 0 Å². The van der Waals surface area contributed by atoms with Crippen LogP contribution < -0.4 is 0 Å². The van der Waals surface area contributed by atoms with Gasteiger partial charge in [0.2, 0.25) is 0 Å². The molecule has 4 aliphatic carbocycles. The van der Waals surface area contributed by atoms with E-state index in [4.69, 9.17) is 9.47 Å². The van der Waals surface area contributed by atoms with E-state index >= 15 is 0 Å². The van der Waals surface area contributed by atoms with E-state index < -0.39 is 5.79 Å². The fourth-order valence-electron chi connectivity index (χ4n) is 7.80. The number of ether oxygens (including phenoxy) is 2. The van der Waals surface area contributed by atoms with Gasteiger partial charge in [0.25, 0.3) is 0 Å². The maximum Gasteiger partial charge on any atom is 0.163 e. The predicted molar refractivity (Wildman–Crippen MR) is 96.3 cm³/mol. The molecule has 4 heteroatoms. The Kier molecular flexibility index (Phi) is 3.47. The second-order valence-electron chi connectivity index (χ2n) is 10.7. The molecule has 0 spiro atoms. The lowest BCUT2D eigenvalue weighted by molar-refractivity contribution is -0.164. The summed E-state index contributed by atoms with van der Waals surface area (Å²) in [6.45, 7) is 8.49. The Labute approximate surface area is 156 Å². The molecule has 0 radical (unpaired) electrons. The Morgan fingerprint density at radius 3 is 2.46 bits per heavy atom. The van der Waals surface area contributed by atoms with Crippen LogP contribution in [-0.2, 0) is 19.1 Å². The number of carbonyl (C=O) groups is 2. The molecule has 26 heavy (non-hydrogen) atoms. The summed E-state index contributed by atoms with van der Waals surface area (Å²) in [4.78, 5) is 25.8. The summed E-state index contributed by atoms with van der Waals surface area (Å²) in [7, 11) is 0. The van der Waals surface area contributed by atoms with Gasteiger partial charge in [0, 0.05) is 24.2 Å². The highest BCUT2D eigenvalue weighted by molar-refractivity contribution is 5.88. The maximum atomic E-state index is 13.2. The van der Waals surface area contributed by atoms with Crippen LogP contribution in [0.25, 0.3) is 0 Å². The summed E-state index contributed by atoms with van der Waals surface area (Å²) in [6, 6.07) is 0. The van der Waals surface area contributed by atoms with E-state index in [-0.39, 0.29) is 29.0 Å². The number of fused-ring (bicyclic) bond motifs is 6. The van der Waals surface area contributed by atoms with E-state index in [9.17, 15) is 9.59 Å². The summed E-state index contributed by atoms with van der Waals surface area (Å²) < 4.78 is 12.3. The van der Waals surface area contributed by atoms with Gasteiger partial charge in [0.1, 0.15) is 11.6 Å². The first-order valence-corrected chi connectivity index (χ1v) is 10.6. The minimum atomic E-state index is -0.537. The van der Waals surface area contributed by atoms with Crippen molar-refractivity contribution in [3.8, 4) is 0 Å². The van der Waals surface area contributed by atoms with Crippen molar-refractivity contribution in [3.05, 3.63) is 0 Å². The highest BCUT2D eigenvalue weighted by atomic mass is 16.7. The first-order chi connectivity index (χ1) is 12.1. The molecule has 5 aliphatic rings. The van der Waals surface area contributed by atoms with Gasteiger partial charge in [-0.3, -0.25) is 9.59 Å². The van der Waals surface area contributed by atoms with E-state index in [0.717, 1.165) is 32.1 Å². The summed E-state index contributed by atoms with van der Waals surface area (Å²) in [5.41, 5.74) is -0.172. The Balaban J connectivity index is 1.48. The van der Waals surface area contributed by atoms with Gasteiger partial charge < -0.3 is 9.47 Å². The van der Waals surface area contributed by atoms with E-state index in [1.54, 1.807) is 0 Å². The third-order valence-electron chi connectivity index (χ3n) is 9.01. The molecule has 8 atom stereocenters. The molecule has 5 rings (SSSR count). The van der Waals surface area contributed by atoms with E-state index in [0.29, 0.717) is 42.2 Å². The van der Waals surface area contributed by atoms with Crippen LogP contribution >= 0.6 is 0 Å². The molecule has 1 saturated heterocycles. The predicted octanol–water partition coefficient (Wildman–Crippen LogP) is 3.91. The van der Waals surface area contributed by atoms with Crippen LogP contribution in [0.1, 0.15) is 72.6 Å². The molecular formula is C22H32O4. The van der Waals surface area contributed by atoms with Crippen molar-refractivity contribution in [2.45, 2.75) is 90.6 Å². The SMILES string of the molecule is CC1(C)O[C@H]2C[C@@H]3C(=O)C[C@@H]4[C@H](CC[C@]5(C)C(=O)CC[C@@H]45)[C@@]3(C)C[C@H]2O1. The van der Waals surface area contributed by atoms with Crippen LogP contribution in [0, 0.1) is 34.5 Å². The van der Waals surface area contributed by atoms with Crippen LogP contribution in [0.4, 0.5) is 0 Å². The van der Waals surface area contributed by atoms with Gasteiger partial charge in [-0.15, -0.1) is 0 Å². The lowest BCUT2D eigenvalue weighted by Crippen LogP contribution is -2.59. The molecule has 4 saturated carbocycles. The quantitative estimate of drug-likeness (QED) is 0.657. The highest BCUT2D eigenvalue weighted by Crippen LogP contribution is 2.65. The van der Waals surface area contributed by atoms with E-state index in [1.165, 1.54) is 0 Å². The van der Waals surface area contributed by atoms with Crippen LogP contribution in [0.15, 0.2) is 0 Å². The van der Waals surface area contributed by atoms with Crippen LogP contribution in [0.2, 0.25) is 0 Å². The normalized spacial score (nSPS) is 55.1. The average molecular weight is 360 g/mol. The van der Waals surface area contributed by atoms with Crippen molar-refractivity contribution in [2.24, 2.45) is 34.5 Å². The van der Waals surface area contributed by atoms with Gasteiger partial charge in [0.05, 0.1) is 12.2 Å². The molecule has 0 aromatic carbocycles. The van der Waals surface area contributed by atoms with E-state index in [1.807, 2.05) is 13.8 Å². The highest BCUT2D eigenvalue weighted by Gasteiger charge is 2.64. The zero-order valence-electron chi connectivity index (χ0n) is 16.5. The summed E-state index contributed by atoms with van der Waals surface area (Å²) in [6.07, 6.45) is 6.39. The second-order valence-corrected chi connectivity index (χ2v) is 10.7. The van der Waals surface area contributed by atoms with Crippen molar-refractivity contribution in [2.75, 3.05) is 0 Å². The first kappa shape index (κ1) is 17.4. The topological polar surface area (TPSA) is 52.6 Å². The summed E-state index contributed by atoms with van der Waals surface area (Å²) in [5.74, 6) is 1.77. The van der Waals surface area contributed by atoms with Gasteiger partial charge in [-0.2, -0.15) is 0 Å². The molecule has 1 heterocycles. The Bertz CT molecular complexity index is 669. The van der Waals surface area contributed by atoms with Gasteiger partial charge in [0.15, 0.2) is 5.79 Å². The van der Waals surface area contributed by atoms with Gasteiger partial charge in [-0.1, -0.05) is 13.8 Å². The fourth-order valence-corrected chi connectivity index (χ4v) is 7.80. The van der Waals surface area contributed by atoms with Gasteiger partial charge >= 0.3 is 0 Å². The molecule has 0 N–H and O–H groups in total. The third-order valence-corrected chi connectivity index (χ3v) is 9.01. The number of hydrogen-bond acceptors (Lipinski definition) is 4. The molecule has 0 aromatic rings. The molecular weight excluding hydrogens is 328 g/mol. The van der Waals surface area contributed by atoms with Crippen LogP contribution in [0.5, 0.6) is 0 Å². The standard InChI is InChI=1S/C22H32O4/c1-20(2)25-17-10-15-16(23)9-12-13-5-6-19(24)21(13,3)8-7-14(12)22(15,4)11-18(17)26-20/h12-15,17-18H,5-11H2,1-4H3/t12-,13-,14-,15+,17-,18+,21-,22+/m0/s1. The molecule has 0 unspecified atom stereocenters. The average Bonchev–Trinajstić information content (AvgIpc) is 3.00. The van der Waals surface area contributed by atoms with Crippen molar-refractivity contribution in [1.82, 2.24) is 0 Å². The third kappa shape index (κ3) is 2.15. The minimum Gasteiger partial charge on any atom is -0.345 e. The van der Waals surface area contributed by atoms with Gasteiger partial charge in [-0.05, 0) is 69.1 Å². The molecule has 144 valence electrons. The monoisotopic (exact) mass is 360 g/mol. The number of Topliss-reactive ketones (excluding diaryl/α,β-unsaturated/α-hetero) is 2. The smallest absolute Gasteiger partial charge is 0.163 e. The van der Waals surface area contributed by atoms with E-state index in [2.05, 4.69) is 13.8 Å². The Hall–Kier alpha value is -0.740. The Morgan fingerprint density at radius 2 is 1.69 bits per heavy atom. The molecule has 0 amide bonds. The van der Waals surface area contributed by atoms with Crippen molar-refractivity contribution in [3.63, 3.8) is 0 Å². The zero-order chi connectivity index (χ0) is 18.5. The molecule has 1 aliphatic heterocycles. The molecule has 0 bridgehead atoms. The number of carbonyl (C=O) groups excluding carboxylic acids is 2. The van der Waals surface area contributed by atoms with Crippen molar-refractivity contribution < 1.29 is 19.1 Å². The van der Waals surface area contributed by atoms with Crippen molar-refractivity contribution >= 4 is 11.6 Å². The molecule has 4 nitrogen and oxygen atoms in total. The lowest BCUT2D eigenvalue weighted by atomic mass is 9.44. The number of hydrogen-bond donors (Lipinski definition) is 0. The second kappa shape index (κ2) is 5.20. The summed E-state index contributed by atoms with van der Waals surface area (Å²) >= 11 is 0. The molecule has 0 aromatic heterocycles. The first-order valence-electron chi connectivity index (χ1n) is 10.6. The summed E-state index contributed by atoms with van der Waals surface area (Å²) in [5, 5.41) is 0. The zero-order valence-corrected chi connectivity index (χ0v) is 16.5. The fraction of sp³-hybridized carbons (Fsp3) is 0.909. The van der Waals surface area contributed by atoms with Gasteiger partial charge in [-0.25, -0.2) is 0 Å². The largest absolute Gasteiger partial charge is 0.345 e. The number of rotatable bonds is 0.